The number of carbonyl (C=O) groups excluding carboxylic acids is 1. The van der Waals surface area contributed by atoms with Crippen molar-refractivity contribution in [3.63, 3.8) is 0 Å². The second-order valence-electron chi connectivity index (χ2n) is 5.05. The maximum atomic E-state index is 12.4. The van der Waals surface area contributed by atoms with Crippen LogP contribution in [0.3, 0.4) is 0 Å². The fourth-order valence-electron chi connectivity index (χ4n) is 2.73. The van der Waals surface area contributed by atoms with Gasteiger partial charge in [0.05, 0.1) is 5.92 Å². The van der Waals surface area contributed by atoms with E-state index in [4.69, 9.17) is 0 Å². The molecule has 0 heterocycles. The lowest BCUT2D eigenvalue weighted by Gasteiger charge is -2.27. The molecule has 0 spiro atoms. The molecule has 0 aromatic heterocycles. The number of benzene rings is 1. The predicted molar refractivity (Wildman–Crippen MR) is 76.5 cm³/mol. The Kier molecular flexibility index (Phi) is 4.64. The Hall–Kier alpha value is -1.29. The van der Waals surface area contributed by atoms with E-state index in [1.54, 1.807) is 12.1 Å². The fraction of sp³-hybridized carbons (Fsp3) is 0.467. The monoisotopic (exact) mass is 278 g/mol. The van der Waals surface area contributed by atoms with Gasteiger partial charge in [0.25, 0.3) is 0 Å². The molecule has 0 saturated heterocycles. The van der Waals surface area contributed by atoms with Crippen molar-refractivity contribution in [2.75, 3.05) is 0 Å². The zero-order valence-electron chi connectivity index (χ0n) is 10.7. The number of carboxylic acids is 1. The van der Waals surface area contributed by atoms with Crippen molar-refractivity contribution in [1.29, 1.82) is 0 Å². The molecule has 2 atom stereocenters. The first kappa shape index (κ1) is 14.1. The van der Waals surface area contributed by atoms with E-state index in [1.807, 2.05) is 12.1 Å². The molecule has 0 radical (unpaired) electrons. The molecular formula is C15H18O3S. The predicted octanol–water partition coefficient (Wildman–Crippen LogP) is 3.19. The Morgan fingerprint density at radius 2 is 1.68 bits per heavy atom. The average molecular weight is 278 g/mol. The van der Waals surface area contributed by atoms with Crippen LogP contribution >= 0.6 is 12.6 Å². The smallest absolute Gasteiger partial charge is 0.307 e. The van der Waals surface area contributed by atoms with Crippen LogP contribution in [0.15, 0.2) is 24.3 Å². The fourth-order valence-corrected chi connectivity index (χ4v) is 2.94. The lowest BCUT2D eigenvalue weighted by molar-refractivity contribution is -0.144. The van der Waals surface area contributed by atoms with Crippen LogP contribution in [0.1, 0.15) is 41.6 Å². The van der Waals surface area contributed by atoms with E-state index in [1.165, 1.54) is 0 Å². The van der Waals surface area contributed by atoms with E-state index in [2.05, 4.69) is 12.6 Å². The molecule has 1 fully saturated rings. The zero-order valence-corrected chi connectivity index (χ0v) is 11.6. The van der Waals surface area contributed by atoms with E-state index in [9.17, 15) is 14.7 Å². The van der Waals surface area contributed by atoms with Crippen LogP contribution < -0.4 is 0 Å². The van der Waals surface area contributed by atoms with Crippen LogP contribution in [0.4, 0.5) is 0 Å². The molecule has 4 heteroatoms. The minimum atomic E-state index is -0.843. The molecule has 1 aromatic carbocycles. The highest BCUT2D eigenvalue weighted by Crippen LogP contribution is 2.32. The first-order valence-electron chi connectivity index (χ1n) is 6.60. The maximum absolute atomic E-state index is 12.4. The molecule has 0 bridgehead atoms. The van der Waals surface area contributed by atoms with Gasteiger partial charge in [-0.15, -0.1) is 0 Å². The lowest BCUT2D eigenvalue weighted by Crippen LogP contribution is -2.32. The molecule has 1 aliphatic rings. The summed E-state index contributed by atoms with van der Waals surface area (Å²) in [6.07, 6.45) is 3.14. The third kappa shape index (κ3) is 3.18. The number of carbonyl (C=O) groups is 2. The highest BCUT2D eigenvalue weighted by molar-refractivity contribution is 7.79. The van der Waals surface area contributed by atoms with Gasteiger partial charge in [0.1, 0.15) is 0 Å². The molecule has 1 aromatic rings. The quantitative estimate of drug-likeness (QED) is 0.657. The zero-order chi connectivity index (χ0) is 13.8. The van der Waals surface area contributed by atoms with Crippen LogP contribution in [-0.4, -0.2) is 16.9 Å². The van der Waals surface area contributed by atoms with Crippen molar-refractivity contribution in [3.05, 3.63) is 35.4 Å². The summed E-state index contributed by atoms with van der Waals surface area (Å²) in [7, 11) is 0. The first-order chi connectivity index (χ1) is 9.13. The maximum Gasteiger partial charge on any atom is 0.307 e. The van der Waals surface area contributed by atoms with Gasteiger partial charge >= 0.3 is 5.97 Å². The molecule has 0 amide bonds. The minimum absolute atomic E-state index is 0.0298. The number of ketones is 1. The molecule has 102 valence electrons. The molecule has 1 saturated carbocycles. The number of hydrogen-bond acceptors (Lipinski definition) is 3. The highest BCUT2D eigenvalue weighted by Gasteiger charge is 2.35. The summed E-state index contributed by atoms with van der Waals surface area (Å²) in [4.78, 5) is 23.7. The van der Waals surface area contributed by atoms with Crippen LogP contribution in [0.5, 0.6) is 0 Å². The summed E-state index contributed by atoms with van der Waals surface area (Å²) in [5, 5.41) is 9.22. The summed E-state index contributed by atoms with van der Waals surface area (Å²) in [6, 6.07) is 7.31. The third-order valence-electron chi connectivity index (χ3n) is 3.84. The van der Waals surface area contributed by atoms with E-state index < -0.39 is 11.9 Å². The molecule has 3 nitrogen and oxygen atoms in total. The second kappa shape index (κ2) is 6.24. The summed E-state index contributed by atoms with van der Waals surface area (Å²) >= 11 is 4.18. The number of hydrogen-bond donors (Lipinski definition) is 2. The van der Waals surface area contributed by atoms with E-state index in [-0.39, 0.29) is 11.7 Å². The van der Waals surface area contributed by atoms with Crippen LogP contribution in [-0.2, 0) is 10.5 Å². The van der Waals surface area contributed by atoms with Gasteiger partial charge in [-0.2, -0.15) is 12.6 Å². The van der Waals surface area contributed by atoms with Crippen molar-refractivity contribution >= 4 is 24.4 Å². The van der Waals surface area contributed by atoms with Gasteiger partial charge in [0, 0.05) is 17.2 Å². The Balaban J connectivity index is 2.18. The number of carboxylic acid groups (broad SMARTS) is 1. The normalized spacial score (nSPS) is 23.0. The number of Topliss-reactive ketones (excluding diaryl/α,β-unsaturated/α-hetero) is 1. The van der Waals surface area contributed by atoms with E-state index >= 15 is 0 Å². The van der Waals surface area contributed by atoms with Gasteiger partial charge in [-0.05, 0) is 18.4 Å². The highest BCUT2D eigenvalue weighted by atomic mass is 32.1. The van der Waals surface area contributed by atoms with Gasteiger partial charge < -0.3 is 5.11 Å². The van der Waals surface area contributed by atoms with Crippen molar-refractivity contribution in [2.24, 2.45) is 11.8 Å². The average Bonchev–Trinajstić information content (AvgIpc) is 2.46. The van der Waals surface area contributed by atoms with Crippen LogP contribution in [0, 0.1) is 11.8 Å². The lowest BCUT2D eigenvalue weighted by atomic mass is 9.75. The van der Waals surface area contributed by atoms with Crippen molar-refractivity contribution < 1.29 is 14.7 Å². The number of thiol groups is 1. The van der Waals surface area contributed by atoms with Gasteiger partial charge in [0.15, 0.2) is 5.78 Å². The van der Waals surface area contributed by atoms with Gasteiger partial charge in [-0.1, -0.05) is 37.1 Å². The Labute approximate surface area is 118 Å². The minimum Gasteiger partial charge on any atom is -0.481 e. The van der Waals surface area contributed by atoms with Crippen molar-refractivity contribution in [3.8, 4) is 0 Å². The molecule has 1 aliphatic carbocycles. The van der Waals surface area contributed by atoms with E-state index in [0.29, 0.717) is 24.2 Å². The summed E-state index contributed by atoms with van der Waals surface area (Å²) in [5.41, 5.74) is 1.67. The molecule has 19 heavy (non-hydrogen) atoms. The molecular weight excluding hydrogens is 260 g/mol. The van der Waals surface area contributed by atoms with Gasteiger partial charge in [-0.3, -0.25) is 9.59 Å². The Bertz CT molecular complexity index is 467. The molecule has 0 unspecified atom stereocenters. The topological polar surface area (TPSA) is 54.4 Å². The SMILES string of the molecule is O=C(c1ccc(CS)cc1)[C@H]1CCCC[C@H]1C(=O)O. The summed E-state index contributed by atoms with van der Waals surface area (Å²) in [5.74, 6) is -1.13. The molecule has 1 N–H and O–H groups in total. The van der Waals surface area contributed by atoms with Gasteiger partial charge in [0.2, 0.25) is 0 Å². The molecule has 0 aliphatic heterocycles. The van der Waals surface area contributed by atoms with Gasteiger partial charge in [-0.25, -0.2) is 0 Å². The molecule has 2 rings (SSSR count). The van der Waals surface area contributed by atoms with Crippen molar-refractivity contribution in [1.82, 2.24) is 0 Å². The van der Waals surface area contributed by atoms with Crippen LogP contribution in [0.25, 0.3) is 0 Å². The third-order valence-corrected chi connectivity index (χ3v) is 4.21. The summed E-state index contributed by atoms with van der Waals surface area (Å²) < 4.78 is 0. The van der Waals surface area contributed by atoms with Crippen LogP contribution in [0.2, 0.25) is 0 Å². The standard InChI is InChI=1S/C15H18O3S/c16-14(11-7-5-10(9-19)6-8-11)12-3-1-2-4-13(12)15(17)18/h5-8,12-13,19H,1-4,9H2,(H,17,18)/t12-,13+/m0/s1. The Morgan fingerprint density at radius 3 is 2.21 bits per heavy atom. The second-order valence-corrected chi connectivity index (χ2v) is 5.37. The number of rotatable bonds is 4. The first-order valence-corrected chi connectivity index (χ1v) is 7.23. The Morgan fingerprint density at radius 1 is 1.11 bits per heavy atom. The largest absolute Gasteiger partial charge is 0.481 e. The summed E-state index contributed by atoms with van der Waals surface area (Å²) in [6.45, 7) is 0. The van der Waals surface area contributed by atoms with Crippen molar-refractivity contribution in [2.45, 2.75) is 31.4 Å². The van der Waals surface area contributed by atoms with E-state index in [0.717, 1.165) is 18.4 Å². The number of aliphatic carboxylic acids is 1.